The van der Waals surface area contributed by atoms with Crippen molar-refractivity contribution in [2.75, 3.05) is 5.32 Å². The van der Waals surface area contributed by atoms with Gasteiger partial charge < -0.3 is 15.7 Å². The van der Waals surface area contributed by atoms with Crippen molar-refractivity contribution >= 4 is 33.6 Å². The smallest absolute Gasteiger partial charge is 0.325 e. The Morgan fingerprint density at radius 1 is 1.41 bits per heavy atom. The Morgan fingerprint density at radius 2 is 2.06 bits per heavy atom. The van der Waals surface area contributed by atoms with E-state index in [1.165, 1.54) is 6.92 Å². The third-order valence-electron chi connectivity index (χ3n) is 2.15. The van der Waals surface area contributed by atoms with Crippen molar-refractivity contribution in [3.05, 3.63) is 28.2 Å². The van der Waals surface area contributed by atoms with Crippen molar-refractivity contribution in [1.29, 1.82) is 0 Å². The van der Waals surface area contributed by atoms with Crippen molar-refractivity contribution in [1.82, 2.24) is 5.32 Å². The lowest BCUT2D eigenvalue weighted by molar-refractivity contribution is -0.138. The van der Waals surface area contributed by atoms with Crippen LogP contribution in [-0.2, 0) is 4.79 Å². The molecule has 3 N–H and O–H groups in total. The third-order valence-corrected chi connectivity index (χ3v) is 3.00. The second-order valence-corrected chi connectivity index (χ2v) is 4.48. The third kappa shape index (κ3) is 4.07. The zero-order valence-electron chi connectivity index (χ0n) is 9.45. The van der Waals surface area contributed by atoms with Crippen molar-refractivity contribution in [3.8, 4) is 0 Å². The number of carbonyl (C=O) groups is 2. The maximum absolute atomic E-state index is 11.4. The molecule has 0 fully saturated rings. The first kappa shape index (κ1) is 13.5. The summed E-state index contributed by atoms with van der Waals surface area (Å²) < 4.78 is 0.876. The van der Waals surface area contributed by atoms with E-state index in [-0.39, 0.29) is 0 Å². The van der Waals surface area contributed by atoms with E-state index in [4.69, 9.17) is 5.11 Å². The number of carbonyl (C=O) groups excluding carboxylic acids is 1. The lowest BCUT2D eigenvalue weighted by atomic mass is 10.2. The number of nitrogens with one attached hydrogen (secondary N) is 2. The van der Waals surface area contributed by atoms with Gasteiger partial charge in [-0.1, -0.05) is 22.0 Å². The second-order valence-electron chi connectivity index (χ2n) is 3.62. The fourth-order valence-corrected chi connectivity index (χ4v) is 1.47. The number of halogens is 1. The SMILES string of the molecule is Cc1ccc(NC(=O)N[C@@H](C)C(=O)O)cc1Br. The molecule has 17 heavy (non-hydrogen) atoms. The summed E-state index contributed by atoms with van der Waals surface area (Å²) in [6, 6.07) is 3.87. The predicted octanol–water partition coefficient (Wildman–Crippen LogP) is 2.35. The molecule has 0 spiro atoms. The van der Waals surface area contributed by atoms with Gasteiger partial charge in [0.05, 0.1) is 0 Å². The number of carboxylic acids is 1. The van der Waals surface area contributed by atoms with Crippen LogP contribution < -0.4 is 10.6 Å². The van der Waals surface area contributed by atoms with Gasteiger partial charge >= 0.3 is 12.0 Å². The first-order valence-electron chi connectivity index (χ1n) is 4.96. The molecule has 1 aromatic rings. The fraction of sp³-hybridized carbons (Fsp3) is 0.273. The highest BCUT2D eigenvalue weighted by atomic mass is 79.9. The Labute approximate surface area is 107 Å². The van der Waals surface area contributed by atoms with Crippen LogP contribution in [0, 0.1) is 6.92 Å². The van der Waals surface area contributed by atoms with Crippen LogP contribution in [0.15, 0.2) is 22.7 Å². The average molecular weight is 301 g/mol. The predicted molar refractivity (Wildman–Crippen MR) is 68.1 cm³/mol. The largest absolute Gasteiger partial charge is 0.480 e. The van der Waals surface area contributed by atoms with Crippen molar-refractivity contribution < 1.29 is 14.7 Å². The van der Waals surface area contributed by atoms with E-state index in [1.807, 2.05) is 13.0 Å². The van der Waals surface area contributed by atoms with E-state index >= 15 is 0 Å². The van der Waals surface area contributed by atoms with E-state index in [2.05, 4.69) is 26.6 Å². The first-order valence-corrected chi connectivity index (χ1v) is 5.76. The summed E-state index contributed by atoms with van der Waals surface area (Å²) in [7, 11) is 0. The quantitative estimate of drug-likeness (QED) is 0.802. The highest BCUT2D eigenvalue weighted by molar-refractivity contribution is 9.10. The summed E-state index contributed by atoms with van der Waals surface area (Å²) in [5.41, 5.74) is 1.65. The number of rotatable bonds is 3. The molecule has 0 saturated carbocycles. The summed E-state index contributed by atoms with van der Waals surface area (Å²) >= 11 is 3.34. The molecule has 0 radical (unpaired) electrons. The van der Waals surface area contributed by atoms with Crippen LogP contribution in [-0.4, -0.2) is 23.1 Å². The summed E-state index contributed by atoms with van der Waals surface area (Å²) in [6.45, 7) is 3.33. The van der Waals surface area contributed by atoms with Gasteiger partial charge in [-0.2, -0.15) is 0 Å². The maximum Gasteiger partial charge on any atom is 0.325 e. The van der Waals surface area contributed by atoms with Crippen LogP contribution in [0.5, 0.6) is 0 Å². The van der Waals surface area contributed by atoms with Gasteiger partial charge in [0.1, 0.15) is 6.04 Å². The van der Waals surface area contributed by atoms with Crippen LogP contribution in [0.3, 0.4) is 0 Å². The van der Waals surface area contributed by atoms with E-state index in [1.54, 1.807) is 12.1 Å². The summed E-state index contributed by atoms with van der Waals surface area (Å²) in [5, 5.41) is 13.5. The molecule has 1 atom stereocenters. The van der Waals surface area contributed by atoms with Crippen LogP contribution in [0.2, 0.25) is 0 Å². The van der Waals surface area contributed by atoms with Gasteiger partial charge in [-0.25, -0.2) is 4.79 Å². The highest BCUT2D eigenvalue weighted by Gasteiger charge is 2.13. The Kier molecular flexibility index (Phi) is 4.51. The maximum atomic E-state index is 11.4. The van der Waals surface area contributed by atoms with Gasteiger partial charge in [0.25, 0.3) is 0 Å². The number of aliphatic carboxylic acids is 1. The van der Waals surface area contributed by atoms with Crippen LogP contribution in [0.4, 0.5) is 10.5 Å². The molecule has 0 aromatic heterocycles. The fourth-order valence-electron chi connectivity index (χ4n) is 1.10. The van der Waals surface area contributed by atoms with Gasteiger partial charge in [0, 0.05) is 10.2 Å². The molecule has 2 amide bonds. The lowest BCUT2D eigenvalue weighted by Gasteiger charge is -2.11. The van der Waals surface area contributed by atoms with Gasteiger partial charge in [0.15, 0.2) is 0 Å². The normalized spacial score (nSPS) is 11.7. The van der Waals surface area contributed by atoms with Crippen molar-refractivity contribution in [2.45, 2.75) is 19.9 Å². The summed E-state index contributed by atoms with van der Waals surface area (Å²) in [5.74, 6) is -1.08. The van der Waals surface area contributed by atoms with E-state index in [9.17, 15) is 9.59 Å². The number of hydrogen-bond acceptors (Lipinski definition) is 2. The minimum Gasteiger partial charge on any atom is -0.480 e. The van der Waals surface area contributed by atoms with Crippen LogP contribution in [0.25, 0.3) is 0 Å². The van der Waals surface area contributed by atoms with E-state index < -0.39 is 18.0 Å². The standard InChI is InChI=1S/C11H13BrN2O3/c1-6-3-4-8(5-9(6)12)14-11(17)13-7(2)10(15)16/h3-5,7H,1-2H3,(H,15,16)(H2,13,14,17)/t7-/m0/s1. The molecular formula is C11H13BrN2O3. The Bertz CT molecular complexity index is 448. The minimum absolute atomic E-state index is 0.546. The van der Waals surface area contributed by atoms with E-state index in [0.717, 1.165) is 10.0 Å². The molecule has 5 nitrogen and oxygen atoms in total. The van der Waals surface area contributed by atoms with E-state index in [0.29, 0.717) is 5.69 Å². The van der Waals surface area contributed by atoms with Gasteiger partial charge in [0.2, 0.25) is 0 Å². The number of benzene rings is 1. The molecule has 92 valence electrons. The Hall–Kier alpha value is -1.56. The van der Waals surface area contributed by atoms with Crippen LogP contribution in [0.1, 0.15) is 12.5 Å². The molecule has 0 aliphatic rings. The Balaban J connectivity index is 2.62. The highest BCUT2D eigenvalue weighted by Crippen LogP contribution is 2.20. The zero-order valence-corrected chi connectivity index (χ0v) is 11.0. The monoisotopic (exact) mass is 300 g/mol. The molecule has 0 aliphatic carbocycles. The minimum atomic E-state index is -1.08. The molecule has 6 heteroatoms. The lowest BCUT2D eigenvalue weighted by Crippen LogP contribution is -2.40. The molecule has 1 rings (SSSR count). The number of hydrogen-bond donors (Lipinski definition) is 3. The Morgan fingerprint density at radius 3 is 2.59 bits per heavy atom. The molecule has 0 saturated heterocycles. The number of anilines is 1. The molecule has 0 aliphatic heterocycles. The molecular weight excluding hydrogens is 288 g/mol. The number of aryl methyl sites for hydroxylation is 1. The molecule has 0 heterocycles. The zero-order chi connectivity index (χ0) is 13.0. The second kappa shape index (κ2) is 5.67. The number of carboxylic acid groups (broad SMARTS) is 1. The van der Waals surface area contributed by atoms with Gasteiger partial charge in [-0.05, 0) is 31.5 Å². The van der Waals surface area contributed by atoms with Gasteiger partial charge in [-0.3, -0.25) is 4.79 Å². The number of amides is 2. The summed E-state index contributed by atoms with van der Waals surface area (Å²) in [6.07, 6.45) is 0. The topological polar surface area (TPSA) is 78.4 Å². The molecule has 0 unspecified atom stereocenters. The molecule has 0 bridgehead atoms. The number of urea groups is 1. The average Bonchev–Trinajstić information content (AvgIpc) is 2.23. The molecule has 1 aromatic carbocycles. The van der Waals surface area contributed by atoms with Crippen molar-refractivity contribution in [2.24, 2.45) is 0 Å². The first-order chi connectivity index (χ1) is 7.90. The van der Waals surface area contributed by atoms with Gasteiger partial charge in [-0.15, -0.1) is 0 Å². The van der Waals surface area contributed by atoms with Crippen LogP contribution >= 0.6 is 15.9 Å². The summed E-state index contributed by atoms with van der Waals surface area (Å²) in [4.78, 5) is 22.0. The van der Waals surface area contributed by atoms with Crippen molar-refractivity contribution in [3.63, 3.8) is 0 Å².